The van der Waals surface area contributed by atoms with Gasteiger partial charge in [-0.3, -0.25) is 4.79 Å². The van der Waals surface area contributed by atoms with E-state index in [0.29, 0.717) is 12.3 Å². The molecular formula is C15H21NOS. The third-order valence-electron chi connectivity index (χ3n) is 3.46. The predicted octanol–water partition coefficient (Wildman–Crippen LogP) is 3.72. The van der Waals surface area contributed by atoms with E-state index in [1.165, 1.54) is 29.9 Å². The summed E-state index contributed by atoms with van der Waals surface area (Å²) in [6, 6.07) is 8.14. The van der Waals surface area contributed by atoms with Crippen molar-refractivity contribution in [1.29, 1.82) is 0 Å². The Labute approximate surface area is 114 Å². The second-order valence-corrected chi connectivity index (χ2v) is 6.08. The lowest BCUT2D eigenvalue weighted by molar-refractivity contribution is -0.117. The zero-order valence-corrected chi connectivity index (χ0v) is 11.8. The van der Waals surface area contributed by atoms with Gasteiger partial charge in [-0.25, -0.2) is 0 Å². The highest BCUT2D eigenvalue weighted by atomic mass is 32.2. The molecule has 1 aromatic rings. The molecule has 0 aromatic heterocycles. The average Bonchev–Trinajstić information content (AvgIpc) is 2.40. The van der Waals surface area contributed by atoms with Crippen LogP contribution in [-0.4, -0.2) is 17.4 Å². The smallest absolute Gasteiger partial charge is 0.224 e. The fraction of sp³-hybridized carbons (Fsp3) is 0.533. The number of amides is 1. The maximum Gasteiger partial charge on any atom is 0.224 e. The molecule has 0 spiro atoms. The van der Waals surface area contributed by atoms with Crippen LogP contribution >= 0.6 is 11.8 Å². The van der Waals surface area contributed by atoms with Crippen molar-refractivity contribution in [2.24, 2.45) is 5.92 Å². The number of anilines is 1. The summed E-state index contributed by atoms with van der Waals surface area (Å²) in [5.41, 5.74) is 2.22. The van der Waals surface area contributed by atoms with Crippen LogP contribution < -0.4 is 5.32 Å². The number of hydrogen-bond acceptors (Lipinski definition) is 2. The molecule has 1 fully saturated rings. The maximum atomic E-state index is 11.9. The number of benzene rings is 1. The van der Waals surface area contributed by atoms with E-state index in [2.05, 4.69) is 24.4 Å². The Kier molecular flexibility index (Phi) is 5.12. The molecule has 1 saturated heterocycles. The van der Waals surface area contributed by atoms with E-state index >= 15 is 0 Å². The maximum absolute atomic E-state index is 11.9. The summed E-state index contributed by atoms with van der Waals surface area (Å²) in [6.07, 6.45) is 4.09. The van der Waals surface area contributed by atoms with Crippen LogP contribution in [0.25, 0.3) is 0 Å². The highest BCUT2D eigenvalue weighted by molar-refractivity contribution is 7.99. The summed E-state index contributed by atoms with van der Waals surface area (Å²) in [4.78, 5) is 11.9. The van der Waals surface area contributed by atoms with Gasteiger partial charge < -0.3 is 5.32 Å². The molecule has 0 aliphatic carbocycles. The normalized spacial score (nSPS) is 16.5. The highest BCUT2D eigenvalue weighted by Crippen LogP contribution is 2.25. The number of carbonyl (C=O) groups excluding carboxylic acids is 1. The molecule has 18 heavy (non-hydrogen) atoms. The Hall–Kier alpha value is -0.960. The Morgan fingerprint density at radius 1 is 1.28 bits per heavy atom. The minimum absolute atomic E-state index is 0.163. The Morgan fingerprint density at radius 3 is 2.56 bits per heavy atom. The molecule has 1 amide bonds. The summed E-state index contributed by atoms with van der Waals surface area (Å²) in [6.45, 7) is 2.13. The van der Waals surface area contributed by atoms with Gasteiger partial charge in [0.25, 0.3) is 0 Å². The fourth-order valence-corrected chi connectivity index (χ4v) is 3.45. The summed E-state index contributed by atoms with van der Waals surface area (Å²) < 4.78 is 0. The van der Waals surface area contributed by atoms with E-state index in [-0.39, 0.29) is 5.91 Å². The van der Waals surface area contributed by atoms with Gasteiger partial charge in [0.05, 0.1) is 0 Å². The molecule has 1 aromatic carbocycles. The van der Waals surface area contributed by atoms with Gasteiger partial charge in [0.2, 0.25) is 5.91 Å². The van der Waals surface area contributed by atoms with Crippen LogP contribution in [0, 0.1) is 5.92 Å². The molecule has 0 atom stereocenters. The zero-order valence-electron chi connectivity index (χ0n) is 10.9. The van der Waals surface area contributed by atoms with Crippen LogP contribution in [0.15, 0.2) is 24.3 Å². The molecule has 0 radical (unpaired) electrons. The molecule has 98 valence electrons. The van der Waals surface area contributed by atoms with Gasteiger partial charge in [-0.1, -0.05) is 19.1 Å². The number of nitrogens with one attached hydrogen (secondary N) is 1. The van der Waals surface area contributed by atoms with Crippen molar-refractivity contribution in [1.82, 2.24) is 0 Å². The van der Waals surface area contributed by atoms with Gasteiger partial charge in [0, 0.05) is 12.1 Å². The van der Waals surface area contributed by atoms with Gasteiger partial charge in [0.15, 0.2) is 0 Å². The van der Waals surface area contributed by atoms with Crippen LogP contribution in [0.4, 0.5) is 5.69 Å². The number of carbonyl (C=O) groups is 1. The van der Waals surface area contributed by atoms with E-state index in [4.69, 9.17) is 0 Å². The van der Waals surface area contributed by atoms with Crippen LogP contribution in [0.3, 0.4) is 0 Å². The zero-order chi connectivity index (χ0) is 12.8. The molecule has 2 nitrogen and oxygen atoms in total. The van der Waals surface area contributed by atoms with E-state index in [1.54, 1.807) is 0 Å². The van der Waals surface area contributed by atoms with Crippen molar-refractivity contribution in [3.05, 3.63) is 29.8 Å². The molecule has 1 aliphatic heterocycles. The van der Waals surface area contributed by atoms with E-state index in [0.717, 1.165) is 12.1 Å². The summed E-state index contributed by atoms with van der Waals surface area (Å²) in [5, 5.41) is 2.99. The van der Waals surface area contributed by atoms with Gasteiger partial charge >= 0.3 is 0 Å². The molecule has 0 saturated carbocycles. The first kappa shape index (κ1) is 13.5. The Morgan fingerprint density at radius 2 is 1.94 bits per heavy atom. The lowest BCUT2D eigenvalue weighted by atomic mass is 9.98. The lowest BCUT2D eigenvalue weighted by Gasteiger charge is -2.20. The molecule has 2 rings (SSSR count). The predicted molar refractivity (Wildman–Crippen MR) is 79.1 cm³/mol. The summed E-state index contributed by atoms with van der Waals surface area (Å²) in [7, 11) is 0. The summed E-state index contributed by atoms with van der Waals surface area (Å²) in [5.74, 6) is 3.17. The van der Waals surface area contributed by atoms with Crippen molar-refractivity contribution in [2.45, 2.75) is 32.6 Å². The standard InChI is InChI=1S/C15H21NOS/c1-2-12-3-5-14(6-4-12)16-15(17)11-13-7-9-18-10-8-13/h3-6,13H,2,7-11H2,1H3,(H,16,17). The SMILES string of the molecule is CCc1ccc(NC(=O)CC2CCSCC2)cc1. The monoisotopic (exact) mass is 263 g/mol. The van der Waals surface area contributed by atoms with Gasteiger partial charge in [0.1, 0.15) is 0 Å². The number of rotatable bonds is 4. The van der Waals surface area contributed by atoms with Crippen molar-refractivity contribution in [2.75, 3.05) is 16.8 Å². The molecule has 1 heterocycles. The molecule has 3 heteroatoms. The third kappa shape index (κ3) is 4.05. The Balaban J connectivity index is 1.82. The largest absolute Gasteiger partial charge is 0.326 e. The van der Waals surface area contributed by atoms with Crippen LogP contribution in [0.1, 0.15) is 31.7 Å². The summed E-state index contributed by atoms with van der Waals surface area (Å²) >= 11 is 2.00. The Bertz CT molecular complexity index is 382. The van der Waals surface area contributed by atoms with E-state index in [1.807, 2.05) is 23.9 Å². The van der Waals surface area contributed by atoms with Crippen molar-refractivity contribution in [3.8, 4) is 0 Å². The van der Waals surface area contributed by atoms with Gasteiger partial charge in [-0.2, -0.15) is 11.8 Å². The van der Waals surface area contributed by atoms with Crippen molar-refractivity contribution in [3.63, 3.8) is 0 Å². The minimum Gasteiger partial charge on any atom is -0.326 e. The quantitative estimate of drug-likeness (QED) is 0.897. The first-order chi connectivity index (χ1) is 8.78. The minimum atomic E-state index is 0.163. The van der Waals surface area contributed by atoms with E-state index < -0.39 is 0 Å². The fourth-order valence-electron chi connectivity index (χ4n) is 2.25. The molecule has 0 bridgehead atoms. The van der Waals surface area contributed by atoms with Crippen LogP contribution in [0.5, 0.6) is 0 Å². The van der Waals surface area contributed by atoms with Crippen molar-refractivity contribution >= 4 is 23.4 Å². The van der Waals surface area contributed by atoms with Crippen LogP contribution in [0.2, 0.25) is 0 Å². The molecule has 1 N–H and O–H groups in total. The van der Waals surface area contributed by atoms with Crippen LogP contribution in [-0.2, 0) is 11.2 Å². The van der Waals surface area contributed by atoms with Gasteiger partial charge in [-0.05, 0) is 54.4 Å². The number of thioether (sulfide) groups is 1. The first-order valence-corrected chi connectivity index (χ1v) is 7.90. The second-order valence-electron chi connectivity index (χ2n) is 4.86. The molecular weight excluding hydrogens is 242 g/mol. The average molecular weight is 263 g/mol. The van der Waals surface area contributed by atoms with Gasteiger partial charge in [-0.15, -0.1) is 0 Å². The lowest BCUT2D eigenvalue weighted by Crippen LogP contribution is -2.19. The number of aryl methyl sites for hydroxylation is 1. The topological polar surface area (TPSA) is 29.1 Å². The molecule has 1 aliphatic rings. The third-order valence-corrected chi connectivity index (χ3v) is 4.51. The van der Waals surface area contributed by atoms with E-state index in [9.17, 15) is 4.79 Å². The second kappa shape index (κ2) is 6.83. The first-order valence-electron chi connectivity index (χ1n) is 6.74. The molecule has 0 unspecified atom stereocenters. The van der Waals surface area contributed by atoms with Crippen molar-refractivity contribution < 1.29 is 4.79 Å². The number of hydrogen-bond donors (Lipinski definition) is 1. The highest BCUT2D eigenvalue weighted by Gasteiger charge is 2.17.